The van der Waals surface area contributed by atoms with Gasteiger partial charge in [-0.05, 0) is 48.0 Å². The van der Waals surface area contributed by atoms with E-state index in [1.165, 1.54) is 23.5 Å². The monoisotopic (exact) mass is 376 g/mol. The van der Waals surface area contributed by atoms with Gasteiger partial charge in [-0.1, -0.05) is 24.3 Å². The van der Waals surface area contributed by atoms with Crippen LogP contribution >= 0.6 is 11.3 Å². The zero-order chi connectivity index (χ0) is 19.4. The molecule has 5 heteroatoms. The number of halogens is 1. The van der Waals surface area contributed by atoms with Crippen LogP contribution in [0.15, 0.2) is 60.7 Å². The van der Waals surface area contributed by atoms with Gasteiger partial charge in [0.15, 0.2) is 0 Å². The molecule has 0 aliphatic carbocycles. The van der Waals surface area contributed by atoms with Crippen LogP contribution in [0.5, 0.6) is 0 Å². The van der Waals surface area contributed by atoms with Crippen molar-refractivity contribution in [1.82, 2.24) is 0 Å². The van der Waals surface area contributed by atoms with Crippen LogP contribution in [0, 0.1) is 17.1 Å². The van der Waals surface area contributed by atoms with Crippen LogP contribution in [0.2, 0.25) is 0 Å². The number of hydrogen-bond donors (Lipinski definition) is 0. The Kier molecular flexibility index (Phi) is 5.49. The minimum atomic E-state index is -0.547. The summed E-state index contributed by atoms with van der Waals surface area (Å²) < 4.78 is 13.9. The summed E-state index contributed by atoms with van der Waals surface area (Å²) in [5, 5.41) is 9.53. The maximum atomic E-state index is 13.9. The molecule has 0 aliphatic heterocycles. The summed E-state index contributed by atoms with van der Waals surface area (Å²) in [5.74, 6) is -0.925. The Labute approximate surface area is 161 Å². The van der Waals surface area contributed by atoms with Crippen LogP contribution in [0.25, 0.3) is 11.6 Å². The van der Waals surface area contributed by atoms with E-state index >= 15 is 0 Å². The largest absolute Gasteiger partial charge is 0.378 e. The van der Waals surface area contributed by atoms with E-state index in [1.807, 2.05) is 43.3 Å². The lowest BCUT2D eigenvalue weighted by molar-refractivity contribution is 0.103. The van der Waals surface area contributed by atoms with Gasteiger partial charge in [-0.3, -0.25) is 4.79 Å². The Morgan fingerprint density at radius 1 is 1.04 bits per heavy atom. The van der Waals surface area contributed by atoms with Crippen LogP contribution in [-0.2, 0) is 0 Å². The van der Waals surface area contributed by atoms with Crippen LogP contribution in [0.1, 0.15) is 25.7 Å². The zero-order valence-corrected chi connectivity index (χ0v) is 15.8. The number of anilines is 1. The average Bonchev–Trinajstić information content (AvgIpc) is 3.16. The van der Waals surface area contributed by atoms with E-state index in [4.69, 9.17) is 0 Å². The van der Waals surface area contributed by atoms with Crippen molar-refractivity contribution >= 4 is 34.5 Å². The predicted octanol–water partition coefficient (Wildman–Crippen LogP) is 5.25. The van der Waals surface area contributed by atoms with Gasteiger partial charge in [0.2, 0.25) is 5.78 Å². The normalized spacial score (nSPS) is 11.1. The second-order valence-corrected chi connectivity index (χ2v) is 7.21. The van der Waals surface area contributed by atoms with Gasteiger partial charge in [0, 0.05) is 24.7 Å². The molecule has 0 N–H and O–H groups in total. The molecule has 134 valence electrons. The summed E-state index contributed by atoms with van der Waals surface area (Å²) in [6, 6.07) is 19.3. The lowest BCUT2D eigenvalue weighted by atomic mass is 10.1. The Hall–Kier alpha value is -3.23. The number of allylic oxidation sites excluding steroid dienone is 1. The van der Waals surface area contributed by atoms with Crippen molar-refractivity contribution in [3.8, 4) is 6.07 Å². The lowest BCUT2D eigenvalue weighted by Gasteiger charge is -2.11. The van der Waals surface area contributed by atoms with Crippen molar-refractivity contribution in [1.29, 1.82) is 5.26 Å². The van der Waals surface area contributed by atoms with Crippen LogP contribution < -0.4 is 4.90 Å². The molecule has 3 nitrogen and oxygen atoms in total. The molecule has 3 rings (SSSR count). The van der Waals surface area contributed by atoms with Crippen LogP contribution in [-0.4, -0.2) is 19.9 Å². The number of benzene rings is 2. The van der Waals surface area contributed by atoms with Crippen molar-refractivity contribution in [2.75, 3.05) is 19.0 Å². The maximum Gasteiger partial charge on any atom is 0.205 e. The third kappa shape index (κ3) is 4.13. The first kappa shape index (κ1) is 18.6. The quantitative estimate of drug-likeness (QED) is 0.451. The molecular weight excluding hydrogens is 359 g/mol. The highest BCUT2D eigenvalue weighted by atomic mass is 32.1. The topological polar surface area (TPSA) is 44.1 Å². The molecule has 2 aromatic carbocycles. The second kappa shape index (κ2) is 7.98. The zero-order valence-electron chi connectivity index (χ0n) is 14.9. The molecule has 0 saturated heterocycles. The fraction of sp³-hybridized carbons (Fsp3) is 0.0909. The molecular formula is C22H17FN2OS. The summed E-state index contributed by atoms with van der Waals surface area (Å²) in [4.78, 5) is 15.6. The molecule has 0 amide bonds. The highest BCUT2D eigenvalue weighted by molar-refractivity contribution is 7.15. The van der Waals surface area contributed by atoms with E-state index in [2.05, 4.69) is 6.07 Å². The standard InChI is InChI=1S/C22H17FN2OS/c1-25(2)17-9-7-15(8-10-17)13-16(14-24)20-11-12-21(27-20)22(26)18-5-3-4-6-19(18)23/h3-13H,1-2H3/b16-13+. The third-order valence-corrected chi connectivity index (χ3v) is 5.17. The molecule has 0 bridgehead atoms. The number of ketones is 1. The van der Waals surface area contributed by atoms with Crippen molar-refractivity contribution in [2.24, 2.45) is 0 Å². The van der Waals surface area contributed by atoms with Gasteiger partial charge in [-0.25, -0.2) is 4.39 Å². The summed E-state index contributed by atoms with van der Waals surface area (Å²) in [7, 11) is 3.93. The molecule has 0 aliphatic rings. The molecule has 1 aromatic heterocycles. The first-order valence-corrected chi connectivity index (χ1v) is 9.10. The Morgan fingerprint density at radius 3 is 2.33 bits per heavy atom. The first-order valence-electron chi connectivity index (χ1n) is 8.28. The molecule has 0 fully saturated rings. The molecule has 0 radical (unpaired) electrons. The summed E-state index contributed by atoms with van der Waals surface area (Å²) in [5.41, 5.74) is 2.46. The van der Waals surface area contributed by atoms with Crippen molar-refractivity contribution in [2.45, 2.75) is 0 Å². The first-order chi connectivity index (χ1) is 13.0. The molecule has 1 heterocycles. The highest BCUT2D eigenvalue weighted by Crippen LogP contribution is 2.28. The summed E-state index contributed by atoms with van der Waals surface area (Å²) in [6.07, 6.45) is 1.78. The SMILES string of the molecule is CN(C)c1ccc(/C=C(\C#N)c2ccc(C(=O)c3ccccc3F)s2)cc1. The second-order valence-electron chi connectivity index (χ2n) is 6.13. The number of thiophene rings is 1. The molecule has 0 spiro atoms. The van der Waals surface area contributed by atoms with Crippen LogP contribution in [0.3, 0.4) is 0 Å². The average molecular weight is 376 g/mol. The number of nitriles is 1. The molecule has 0 unspecified atom stereocenters. The third-order valence-electron chi connectivity index (χ3n) is 4.05. The molecule has 27 heavy (non-hydrogen) atoms. The Bertz CT molecular complexity index is 1040. The van der Waals surface area contributed by atoms with Gasteiger partial charge in [-0.2, -0.15) is 5.26 Å². The van der Waals surface area contributed by atoms with Gasteiger partial charge in [0.05, 0.1) is 16.0 Å². The number of carbonyl (C=O) groups excluding carboxylic acids is 1. The number of rotatable bonds is 5. The minimum Gasteiger partial charge on any atom is -0.378 e. The maximum absolute atomic E-state index is 13.9. The van der Waals surface area contributed by atoms with E-state index in [9.17, 15) is 14.4 Å². The van der Waals surface area contributed by atoms with Crippen molar-refractivity contribution in [3.63, 3.8) is 0 Å². The number of nitrogens with zero attached hydrogens (tertiary/aromatic N) is 2. The van der Waals surface area contributed by atoms with Crippen molar-refractivity contribution < 1.29 is 9.18 Å². The fourth-order valence-electron chi connectivity index (χ4n) is 2.58. The van der Waals surface area contributed by atoms with E-state index in [0.717, 1.165) is 11.3 Å². The van der Waals surface area contributed by atoms with E-state index in [-0.39, 0.29) is 11.3 Å². The van der Waals surface area contributed by atoms with Gasteiger partial charge in [0.1, 0.15) is 11.9 Å². The van der Waals surface area contributed by atoms with Gasteiger partial charge in [0.25, 0.3) is 0 Å². The van der Waals surface area contributed by atoms with Crippen molar-refractivity contribution in [3.05, 3.63) is 87.4 Å². The molecule has 0 atom stereocenters. The molecule has 0 saturated carbocycles. The smallest absolute Gasteiger partial charge is 0.205 e. The Morgan fingerprint density at radius 2 is 1.70 bits per heavy atom. The Balaban J connectivity index is 1.88. The lowest BCUT2D eigenvalue weighted by Crippen LogP contribution is -2.07. The van der Waals surface area contributed by atoms with Gasteiger partial charge in [-0.15, -0.1) is 11.3 Å². The molecule has 3 aromatic rings. The minimum absolute atomic E-state index is 0.0349. The summed E-state index contributed by atoms with van der Waals surface area (Å²) in [6.45, 7) is 0. The predicted molar refractivity (Wildman–Crippen MR) is 108 cm³/mol. The number of hydrogen-bond acceptors (Lipinski definition) is 4. The number of carbonyl (C=O) groups is 1. The highest BCUT2D eigenvalue weighted by Gasteiger charge is 2.16. The van der Waals surface area contributed by atoms with Crippen LogP contribution in [0.4, 0.5) is 10.1 Å². The van der Waals surface area contributed by atoms with Gasteiger partial charge >= 0.3 is 0 Å². The van der Waals surface area contributed by atoms with E-state index in [0.29, 0.717) is 15.3 Å². The fourth-order valence-corrected chi connectivity index (χ4v) is 3.50. The van der Waals surface area contributed by atoms with E-state index < -0.39 is 5.82 Å². The van der Waals surface area contributed by atoms with E-state index in [1.54, 1.807) is 30.3 Å². The van der Waals surface area contributed by atoms with Gasteiger partial charge < -0.3 is 4.90 Å². The summed E-state index contributed by atoms with van der Waals surface area (Å²) >= 11 is 1.19.